The van der Waals surface area contributed by atoms with Crippen molar-refractivity contribution in [3.8, 4) is 11.5 Å². The van der Waals surface area contributed by atoms with Crippen LogP contribution in [0.3, 0.4) is 0 Å². The first-order valence-corrected chi connectivity index (χ1v) is 7.90. The Kier molecular flexibility index (Phi) is 4.46. The van der Waals surface area contributed by atoms with Crippen LogP contribution in [0, 0.1) is 11.8 Å². The first-order chi connectivity index (χ1) is 9.81. The number of nitrogens with one attached hydrogen (secondary N) is 1. The number of hydrogen-bond donors (Lipinski definition) is 1. The minimum Gasteiger partial charge on any atom is -0.486 e. The van der Waals surface area contributed by atoms with Crippen molar-refractivity contribution in [3.05, 3.63) is 23.8 Å². The highest BCUT2D eigenvalue weighted by molar-refractivity contribution is 5.43. The van der Waals surface area contributed by atoms with Crippen LogP contribution >= 0.6 is 0 Å². The summed E-state index contributed by atoms with van der Waals surface area (Å²) in [4.78, 5) is 0. The highest BCUT2D eigenvalue weighted by atomic mass is 16.6. The first-order valence-electron chi connectivity index (χ1n) is 7.90. The van der Waals surface area contributed by atoms with Gasteiger partial charge in [-0.1, -0.05) is 25.8 Å². The highest BCUT2D eigenvalue weighted by Crippen LogP contribution is 2.31. The zero-order valence-electron chi connectivity index (χ0n) is 12.4. The van der Waals surface area contributed by atoms with Gasteiger partial charge in [-0.15, -0.1) is 0 Å². The van der Waals surface area contributed by atoms with Crippen LogP contribution in [0.5, 0.6) is 11.5 Å². The van der Waals surface area contributed by atoms with Crippen LogP contribution in [0.15, 0.2) is 18.2 Å². The van der Waals surface area contributed by atoms with Gasteiger partial charge in [0.05, 0.1) is 0 Å². The average Bonchev–Trinajstić information content (AvgIpc) is 2.47. The fraction of sp³-hybridized carbons (Fsp3) is 0.647. The molecule has 3 rings (SSSR count). The van der Waals surface area contributed by atoms with E-state index in [4.69, 9.17) is 9.47 Å². The van der Waals surface area contributed by atoms with Gasteiger partial charge in [-0.05, 0) is 48.9 Å². The Morgan fingerprint density at radius 3 is 2.85 bits per heavy atom. The Morgan fingerprint density at radius 2 is 2.00 bits per heavy atom. The Hall–Kier alpha value is -1.22. The van der Waals surface area contributed by atoms with E-state index in [0.29, 0.717) is 13.2 Å². The van der Waals surface area contributed by atoms with Crippen LogP contribution in [0.1, 0.15) is 38.2 Å². The lowest BCUT2D eigenvalue weighted by atomic mass is 9.82. The molecule has 1 aliphatic heterocycles. The van der Waals surface area contributed by atoms with E-state index in [1.165, 1.54) is 31.2 Å². The summed E-state index contributed by atoms with van der Waals surface area (Å²) in [6.07, 6.45) is 5.59. The number of benzene rings is 1. The van der Waals surface area contributed by atoms with Crippen LogP contribution in [0.4, 0.5) is 0 Å². The SMILES string of the molecule is CC1CCCC(CNCc2ccc3c(c2)OCCO3)C1. The smallest absolute Gasteiger partial charge is 0.161 e. The number of fused-ring (bicyclic) bond motifs is 1. The van der Waals surface area contributed by atoms with Crippen molar-refractivity contribution in [2.75, 3.05) is 19.8 Å². The molecule has 1 aliphatic carbocycles. The van der Waals surface area contributed by atoms with E-state index in [1.54, 1.807) is 0 Å². The van der Waals surface area contributed by atoms with E-state index in [0.717, 1.165) is 36.4 Å². The Labute approximate surface area is 121 Å². The quantitative estimate of drug-likeness (QED) is 0.914. The summed E-state index contributed by atoms with van der Waals surface area (Å²) in [6.45, 7) is 5.75. The number of hydrogen-bond acceptors (Lipinski definition) is 3. The third-order valence-corrected chi connectivity index (χ3v) is 4.41. The van der Waals surface area contributed by atoms with Crippen molar-refractivity contribution in [2.45, 2.75) is 39.2 Å². The molecule has 3 nitrogen and oxygen atoms in total. The molecular weight excluding hydrogens is 250 g/mol. The minimum absolute atomic E-state index is 0.657. The predicted octanol–water partition coefficient (Wildman–Crippen LogP) is 3.37. The fourth-order valence-electron chi connectivity index (χ4n) is 3.36. The molecule has 1 saturated carbocycles. The monoisotopic (exact) mass is 275 g/mol. The molecule has 1 aromatic rings. The maximum absolute atomic E-state index is 5.62. The maximum atomic E-state index is 5.62. The number of ether oxygens (including phenoxy) is 2. The molecule has 1 aromatic carbocycles. The van der Waals surface area contributed by atoms with E-state index < -0.39 is 0 Å². The van der Waals surface area contributed by atoms with Crippen molar-refractivity contribution in [1.82, 2.24) is 5.32 Å². The van der Waals surface area contributed by atoms with Gasteiger partial charge in [-0.25, -0.2) is 0 Å². The van der Waals surface area contributed by atoms with Crippen molar-refractivity contribution in [3.63, 3.8) is 0 Å². The van der Waals surface area contributed by atoms with Crippen LogP contribution in [0.25, 0.3) is 0 Å². The third-order valence-electron chi connectivity index (χ3n) is 4.41. The summed E-state index contributed by atoms with van der Waals surface area (Å²) in [5, 5.41) is 3.60. The first kappa shape index (κ1) is 13.7. The molecule has 110 valence electrons. The molecule has 0 amide bonds. The van der Waals surface area contributed by atoms with Crippen molar-refractivity contribution < 1.29 is 9.47 Å². The third kappa shape index (κ3) is 3.45. The summed E-state index contributed by atoms with van der Waals surface area (Å²) in [7, 11) is 0. The summed E-state index contributed by atoms with van der Waals surface area (Å²) in [5.41, 5.74) is 1.28. The van der Waals surface area contributed by atoms with Gasteiger partial charge in [-0.2, -0.15) is 0 Å². The minimum atomic E-state index is 0.657. The van der Waals surface area contributed by atoms with E-state index in [-0.39, 0.29) is 0 Å². The van der Waals surface area contributed by atoms with E-state index in [9.17, 15) is 0 Å². The zero-order valence-corrected chi connectivity index (χ0v) is 12.4. The molecule has 0 aromatic heterocycles. The Balaban J connectivity index is 1.48. The normalized spacial score (nSPS) is 25.4. The van der Waals surface area contributed by atoms with Crippen molar-refractivity contribution in [1.29, 1.82) is 0 Å². The Morgan fingerprint density at radius 1 is 1.15 bits per heavy atom. The van der Waals surface area contributed by atoms with Gasteiger partial charge in [0.15, 0.2) is 11.5 Å². The molecule has 1 N–H and O–H groups in total. The van der Waals surface area contributed by atoms with E-state index in [1.807, 2.05) is 6.07 Å². The topological polar surface area (TPSA) is 30.5 Å². The van der Waals surface area contributed by atoms with Gasteiger partial charge in [0.25, 0.3) is 0 Å². The molecule has 0 spiro atoms. The molecule has 2 unspecified atom stereocenters. The summed E-state index contributed by atoms with van der Waals surface area (Å²) in [5.74, 6) is 3.53. The molecule has 1 heterocycles. The average molecular weight is 275 g/mol. The molecule has 2 atom stereocenters. The molecule has 0 radical (unpaired) electrons. The molecule has 0 bridgehead atoms. The van der Waals surface area contributed by atoms with Gasteiger partial charge in [0.1, 0.15) is 13.2 Å². The van der Waals surface area contributed by atoms with Crippen LogP contribution in [-0.4, -0.2) is 19.8 Å². The van der Waals surface area contributed by atoms with E-state index in [2.05, 4.69) is 24.4 Å². The fourth-order valence-corrected chi connectivity index (χ4v) is 3.36. The van der Waals surface area contributed by atoms with Gasteiger partial charge >= 0.3 is 0 Å². The van der Waals surface area contributed by atoms with Crippen molar-refractivity contribution in [2.24, 2.45) is 11.8 Å². The van der Waals surface area contributed by atoms with Crippen LogP contribution < -0.4 is 14.8 Å². The molecule has 2 aliphatic rings. The van der Waals surface area contributed by atoms with Gasteiger partial charge in [0.2, 0.25) is 0 Å². The van der Waals surface area contributed by atoms with Gasteiger partial charge in [0, 0.05) is 6.54 Å². The van der Waals surface area contributed by atoms with Crippen molar-refractivity contribution >= 4 is 0 Å². The molecular formula is C17H25NO2. The van der Waals surface area contributed by atoms with Crippen LogP contribution in [-0.2, 0) is 6.54 Å². The van der Waals surface area contributed by atoms with Crippen LogP contribution in [0.2, 0.25) is 0 Å². The van der Waals surface area contributed by atoms with Gasteiger partial charge in [-0.3, -0.25) is 0 Å². The maximum Gasteiger partial charge on any atom is 0.161 e. The van der Waals surface area contributed by atoms with Gasteiger partial charge < -0.3 is 14.8 Å². The highest BCUT2D eigenvalue weighted by Gasteiger charge is 2.18. The second kappa shape index (κ2) is 6.49. The molecule has 0 saturated heterocycles. The second-order valence-corrected chi connectivity index (χ2v) is 6.25. The molecule has 20 heavy (non-hydrogen) atoms. The largest absolute Gasteiger partial charge is 0.486 e. The summed E-state index contributed by atoms with van der Waals surface area (Å²) in [6, 6.07) is 6.25. The summed E-state index contributed by atoms with van der Waals surface area (Å²) < 4.78 is 11.2. The number of rotatable bonds is 4. The lowest BCUT2D eigenvalue weighted by Crippen LogP contribution is -2.26. The second-order valence-electron chi connectivity index (χ2n) is 6.25. The summed E-state index contributed by atoms with van der Waals surface area (Å²) >= 11 is 0. The lowest BCUT2D eigenvalue weighted by Gasteiger charge is -2.27. The molecule has 3 heteroatoms. The lowest BCUT2D eigenvalue weighted by molar-refractivity contribution is 0.171. The van der Waals surface area contributed by atoms with E-state index >= 15 is 0 Å². The predicted molar refractivity (Wildman–Crippen MR) is 80.3 cm³/mol. The Bertz CT molecular complexity index is 447. The zero-order chi connectivity index (χ0) is 13.8. The standard InChI is InChI=1S/C17H25NO2/c1-13-3-2-4-14(9-13)11-18-12-15-5-6-16-17(10-15)20-8-7-19-16/h5-6,10,13-14,18H,2-4,7-9,11-12H2,1H3. The molecule has 1 fully saturated rings.